The molecular formula is C11H16S. The number of hydrogen-bond donors (Lipinski definition) is 0. The van der Waals surface area contributed by atoms with Crippen molar-refractivity contribution in [2.45, 2.75) is 31.6 Å². The lowest BCUT2D eigenvalue weighted by Gasteiger charge is -2.05. The van der Waals surface area contributed by atoms with Gasteiger partial charge in [-0.1, -0.05) is 19.4 Å². The van der Waals surface area contributed by atoms with Crippen molar-refractivity contribution in [3.8, 4) is 0 Å². The smallest absolute Gasteiger partial charge is 0.00719 e. The van der Waals surface area contributed by atoms with Crippen molar-refractivity contribution < 1.29 is 0 Å². The monoisotopic (exact) mass is 180 g/mol. The van der Waals surface area contributed by atoms with E-state index in [0.29, 0.717) is 0 Å². The van der Waals surface area contributed by atoms with E-state index < -0.39 is 0 Å². The van der Waals surface area contributed by atoms with Gasteiger partial charge >= 0.3 is 0 Å². The van der Waals surface area contributed by atoms with Crippen LogP contribution in [-0.4, -0.2) is 6.26 Å². The zero-order valence-corrected chi connectivity index (χ0v) is 8.87. The van der Waals surface area contributed by atoms with E-state index in [4.69, 9.17) is 0 Å². The quantitative estimate of drug-likeness (QED) is 0.640. The first-order valence-electron chi connectivity index (χ1n) is 4.41. The molecule has 0 atom stereocenters. The lowest BCUT2D eigenvalue weighted by atomic mass is 10.1. The van der Waals surface area contributed by atoms with E-state index in [1.807, 2.05) is 11.8 Å². The van der Waals surface area contributed by atoms with E-state index in [0.717, 1.165) is 0 Å². The number of thioether (sulfide) groups is 1. The van der Waals surface area contributed by atoms with Gasteiger partial charge in [0.25, 0.3) is 0 Å². The Morgan fingerprint density at radius 3 is 2.58 bits per heavy atom. The van der Waals surface area contributed by atoms with Gasteiger partial charge in [0.2, 0.25) is 0 Å². The largest absolute Gasteiger partial charge is 0.130 e. The number of benzene rings is 1. The molecule has 1 aromatic rings. The van der Waals surface area contributed by atoms with Crippen molar-refractivity contribution in [1.29, 1.82) is 0 Å². The fourth-order valence-electron chi connectivity index (χ4n) is 1.35. The van der Waals surface area contributed by atoms with Crippen LogP contribution < -0.4 is 0 Å². The first kappa shape index (κ1) is 9.66. The molecule has 0 nitrogen and oxygen atoms in total. The van der Waals surface area contributed by atoms with Gasteiger partial charge in [0.05, 0.1) is 0 Å². The van der Waals surface area contributed by atoms with E-state index in [2.05, 4.69) is 38.3 Å². The standard InChI is InChI=1S/C11H16S/c1-4-5-10-6-7-11(12-3)8-9(10)2/h6-8H,4-5H2,1-3H3. The van der Waals surface area contributed by atoms with Crippen molar-refractivity contribution in [2.75, 3.05) is 6.26 Å². The summed E-state index contributed by atoms with van der Waals surface area (Å²) in [6.07, 6.45) is 4.56. The first-order valence-corrected chi connectivity index (χ1v) is 5.64. The van der Waals surface area contributed by atoms with Crippen LogP contribution >= 0.6 is 11.8 Å². The molecule has 0 aliphatic heterocycles. The molecule has 66 valence electrons. The number of rotatable bonds is 3. The van der Waals surface area contributed by atoms with Crippen molar-refractivity contribution in [1.82, 2.24) is 0 Å². The Morgan fingerprint density at radius 2 is 2.08 bits per heavy atom. The second kappa shape index (κ2) is 4.56. The van der Waals surface area contributed by atoms with Crippen LogP contribution in [0.2, 0.25) is 0 Å². The summed E-state index contributed by atoms with van der Waals surface area (Å²) in [5, 5.41) is 0. The second-order valence-electron chi connectivity index (χ2n) is 3.04. The summed E-state index contributed by atoms with van der Waals surface area (Å²) < 4.78 is 0. The van der Waals surface area contributed by atoms with E-state index in [-0.39, 0.29) is 0 Å². The van der Waals surface area contributed by atoms with Crippen LogP contribution in [-0.2, 0) is 6.42 Å². The van der Waals surface area contributed by atoms with Gasteiger partial charge in [0.15, 0.2) is 0 Å². The molecule has 0 bridgehead atoms. The van der Waals surface area contributed by atoms with Gasteiger partial charge in [-0.2, -0.15) is 0 Å². The minimum absolute atomic E-state index is 1.21. The summed E-state index contributed by atoms with van der Waals surface area (Å²) in [5.74, 6) is 0. The van der Waals surface area contributed by atoms with Crippen LogP contribution in [0.1, 0.15) is 24.5 Å². The lowest BCUT2D eigenvalue weighted by Crippen LogP contribution is -1.88. The van der Waals surface area contributed by atoms with Crippen LogP contribution in [0.25, 0.3) is 0 Å². The van der Waals surface area contributed by atoms with Crippen molar-refractivity contribution in [3.05, 3.63) is 29.3 Å². The molecule has 0 saturated heterocycles. The molecule has 0 spiro atoms. The normalized spacial score (nSPS) is 10.2. The molecule has 1 aromatic carbocycles. The van der Waals surface area contributed by atoms with Crippen molar-refractivity contribution in [3.63, 3.8) is 0 Å². The summed E-state index contributed by atoms with van der Waals surface area (Å²) in [6.45, 7) is 4.42. The number of hydrogen-bond acceptors (Lipinski definition) is 1. The van der Waals surface area contributed by atoms with Gasteiger partial charge in [-0.25, -0.2) is 0 Å². The Hall–Kier alpha value is -0.430. The molecule has 0 aliphatic rings. The maximum absolute atomic E-state index is 2.27. The highest BCUT2D eigenvalue weighted by Crippen LogP contribution is 2.19. The van der Waals surface area contributed by atoms with Crippen LogP contribution in [0.4, 0.5) is 0 Å². The predicted octanol–water partition coefficient (Wildman–Crippen LogP) is 3.67. The van der Waals surface area contributed by atoms with E-state index >= 15 is 0 Å². The van der Waals surface area contributed by atoms with Gasteiger partial charge in [-0.05, 0) is 42.9 Å². The maximum atomic E-state index is 2.27. The summed E-state index contributed by atoms with van der Waals surface area (Å²) in [5.41, 5.74) is 2.93. The van der Waals surface area contributed by atoms with Crippen LogP contribution in [0.15, 0.2) is 23.1 Å². The van der Waals surface area contributed by atoms with Gasteiger partial charge in [0, 0.05) is 4.90 Å². The Labute approximate surface area is 79.4 Å². The third-order valence-electron chi connectivity index (χ3n) is 2.07. The fourth-order valence-corrected chi connectivity index (χ4v) is 1.84. The highest BCUT2D eigenvalue weighted by Gasteiger charge is 1.97. The average molecular weight is 180 g/mol. The SMILES string of the molecule is CCCc1ccc(SC)cc1C. The molecule has 0 aromatic heterocycles. The summed E-state index contributed by atoms with van der Waals surface area (Å²) >= 11 is 1.81. The third-order valence-corrected chi connectivity index (χ3v) is 2.79. The van der Waals surface area contributed by atoms with Gasteiger partial charge in [-0.15, -0.1) is 11.8 Å². The molecule has 0 saturated carbocycles. The minimum Gasteiger partial charge on any atom is -0.130 e. The molecule has 12 heavy (non-hydrogen) atoms. The Bertz CT molecular complexity index is 253. The van der Waals surface area contributed by atoms with E-state index in [1.54, 1.807) is 0 Å². The Morgan fingerprint density at radius 1 is 1.33 bits per heavy atom. The minimum atomic E-state index is 1.21. The van der Waals surface area contributed by atoms with Crippen molar-refractivity contribution >= 4 is 11.8 Å². The van der Waals surface area contributed by atoms with Gasteiger partial charge in [-0.3, -0.25) is 0 Å². The topological polar surface area (TPSA) is 0 Å². The molecule has 0 heterocycles. The van der Waals surface area contributed by atoms with Crippen molar-refractivity contribution in [2.24, 2.45) is 0 Å². The molecule has 0 amide bonds. The first-order chi connectivity index (χ1) is 5.77. The fraction of sp³-hybridized carbons (Fsp3) is 0.455. The predicted molar refractivity (Wildman–Crippen MR) is 57.0 cm³/mol. The molecule has 0 radical (unpaired) electrons. The van der Waals surface area contributed by atoms with Gasteiger partial charge in [0.1, 0.15) is 0 Å². The molecular weight excluding hydrogens is 164 g/mol. The molecule has 0 unspecified atom stereocenters. The van der Waals surface area contributed by atoms with E-state index in [1.165, 1.54) is 28.9 Å². The van der Waals surface area contributed by atoms with Crippen LogP contribution in [0.5, 0.6) is 0 Å². The third kappa shape index (κ3) is 2.28. The van der Waals surface area contributed by atoms with Gasteiger partial charge < -0.3 is 0 Å². The summed E-state index contributed by atoms with van der Waals surface area (Å²) in [4.78, 5) is 1.37. The maximum Gasteiger partial charge on any atom is 0.00719 e. The van der Waals surface area contributed by atoms with E-state index in [9.17, 15) is 0 Å². The van der Waals surface area contributed by atoms with Crippen LogP contribution in [0, 0.1) is 6.92 Å². The zero-order chi connectivity index (χ0) is 8.97. The highest BCUT2D eigenvalue weighted by molar-refractivity contribution is 7.98. The second-order valence-corrected chi connectivity index (χ2v) is 3.92. The lowest BCUT2D eigenvalue weighted by molar-refractivity contribution is 0.910. The Balaban J connectivity index is 2.87. The highest BCUT2D eigenvalue weighted by atomic mass is 32.2. The average Bonchev–Trinajstić information content (AvgIpc) is 2.09. The molecule has 0 aliphatic carbocycles. The summed E-state index contributed by atoms with van der Waals surface area (Å²) in [7, 11) is 0. The molecule has 1 rings (SSSR count). The summed E-state index contributed by atoms with van der Waals surface area (Å²) in [6, 6.07) is 6.74. The zero-order valence-electron chi connectivity index (χ0n) is 8.05. The molecule has 0 fully saturated rings. The van der Waals surface area contributed by atoms with Crippen LogP contribution in [0.3, 0.4) is 0 Å². The molecule has 1 heteroatoms. The number of aryl methyl sites for hydroxylation is 2. The Kier molecular flexibility index (Phi) is 3.67. The molecule has 0 N–H and O–H groups in total.